The van der Waals surface area contributed by atoms with Gasteiger partial charge in [-0.1, -0.05) is 12.1 Å². The van der Waals surface area contributed by atoms with E-state index in [0.717, 1.165) is 12.2 Å². The van der Waals surface area contributed by atoms with Crippen molar-refractivity contribution in [1.82, 2.24) is 4.98 Å². The molecule has 0 amide bonds. The minimum atomic E-state index is 0.545. The standard InChI is InChI=1S/C14H15N3O/c15-17-13-5-2-6-14(16-13)18-12-8-7-10-3-1-4-11(10)9-12/h2,5-9H,1,3-4,15H2,(H,16,17). The van der Waals surface area contributed by atoms with Crippen molar-refractivity contribution >= 4 is 5.82 Å². The number of hydrogen-bond acceptors (Lipinski definition) is 4. The van der Waals surface area contributed by atoms with E-state index in [1.807, 2.05) is 18.2 Å². The first-order valence-electron chi connectivity index (χ1n) is 6.08. The zero-order valence-electron chi connectivity index (χ0n) is 10.0. The molecule has 0 unspecified atom stereocenters. The third-order valence-electron chi connectivity index (χ3n) is 3.16. The molecule has 1 heterocycles. The summed E-state index contributed by atoms with van der Waals surface area (Å²) < 4.78 is 5.74. The van der Waals surface area contributed by atoms with Crippen LogP contribution < -0.4 is 16.0 Å². The van der Waals surface area contributed by atoms with Gasteiger partial charge in [0.25, 0.3) is 0 Å². The van der Waals surface area contributed by atoms with Crippen LogP contribution in [-0.4, -0.2) is 4.98 Å². The lowest BCUT2D eigenvalue weighted by molar-refractivity contribution is 0.463. The summed E-state index contributed by atoms with van der Waals surface area (Å²) in [7, 11) is 0. The second-order valence-corrected chi connectivity index (χ2v) is 4.39. The number of fused-ring (bicyclic) bond motifs is 1. The van der Waals surface area contributed by atoms with E-state index in [-0.39, 0.29) is 0 Å². The van der Waals surface area contributed by atoms with Crippen LogP contribution in [0.2, 0.25) is 0 Å². The van der Waals surface area contributed by atoms with E-state index in [9.17, 15) is 0 Å². The summed E-state index contributed by atoms with van der Waals surface area (Å²) in [6.07, 6.45) is 3.56. The van der Waals surface area contributed by atoms with Crippen molar-refractivity contribution in [3.05, 3.63) is 47.5 Å². The smallest absolute Gasteiger partial charge is 0.221 e. The Kier molecular flexibility index (Phi) is 2.86. The van der Waals surface area contributed by atoms with Crippen LogP contribution in [0.4, 0.5) is 5.82 Å². The fourth-order valence-corrected chi connectivity index (χ4v) is 2.28. The molecule has 0 atom stereocenters. The third-order valence-corrected chi connectivity index (χ3v) is 3.16. The number of anilines is 1. The van der Waals surface area contributed by atoms with Crippen LogP contribution in [0.15, 0.2) is 36.4 Å². The third kappa shape index (κ3) is 2.15. The highest BCUT2D eigenvalue weighted by Crippen LogP contribution is 2.28. The predicted octanol–water partition coefficient (Wildman–Crippen LogP) is 2.65. The van der Waals surface area contributed by atoms with Gasteiger partial charge in [0, 0.05) is 6.07 Å². The zero-order valence-corrected chi connectivity index (χ0v) is 10.0. The number of ether oxygens (including phenoxy) is 1. The first kappa shape index (κ1) is 11.0. The van der Waals surface area contributed by atoms with Crippen molar-refractivity contribution in [3.8, 4) is 11.6 Å². The molecule has 3 N–H and O–H groups in total. The van der Waals surface area contributed by atoms with Crippen molar-refractivity contribution in [2.75, 3.05) is 5.43 Å². The molecule has 2 aromatic rings. The summed E-state index contributed by atoms with van der Waals surface area (Å²) >= 11 is 0. The maximum absolute atomic E-state index is 5.74. The summed E-state index contributed by atoms with van der Waals surface area (Å²) in [4.78, 5) is 4.22. The molecule has 1 aromatic carbocycles. The molecule has 1 aliphatic rings. The SMILES string of the molecule is NNc1cccc(Oc2ccc3c(c2)CCC3)n1. The van der Waals surface area contributed by atoms with Crippen molar-refractivity contribution < 1.29 is 4.74 Å². The van der Waals surface area contributed by atoms with Gasteiger partial charge in [-0.15, -0.1) is 0 Å². The first-order chi connectivity index (χ1) is 8.85. The number of aryl methyl sites for hydroxylation is 2. The number of pyridine rings is 1. The number of nitrogen functional groups attached to an aromatic ring is 1. The van der Waals surface area contributed by atoms with E-state index < -0.39 is 0 Å². The molecule has 92 valence electrons. The lowest BCUT2D eigenvalue weighted by atomic mass is 10.1. The van der Waals surface area contributed by atoms with Gasteiger partial charge in [0.1, 0.15) is 11.6 Å². The Morgan fingerprint density at radius 1 is 1.11 bits per heavy atom. The Balaban J connectivity index is 1.83. The maximum atomic E-state index is 5.74. The Morgan fingerprint density at radius 3 is 2.89 bits per heavy atom. The van der Waals surface area contributed by atoms with E-state index in [0.29, 0.717) is 11.7 Å². The van der Waals surface area contributed by atoms with Gasteiger partial charge in [-0.05, 0) is 48.6 Å². The topological polar surface area (TPSA) is 60.2 Å². The van der Waals surface area contributed by atoms with Gasteiger partial charge in [-0.3, -0.25) is 0 Å². The van der Waals surface area contributed by atoms with E-state index in [2.05, 4.69) is 22.5 Å². The number of hydrogen-bond donors (Lipinski definition) is 2. The van der Waals surface area contributed by atoms with Gasteiger partial charge in [0.15, 0.2) is 0 Å². The van der Waals surface area contributed by atoms with Crippen LogP contribution in [0, 0.1) is 0 Å². The summed E-state index contributed by atoms with van der Waals surface area (Å²) in [5, 5.41) is 0. The number of benzene rings is 1. The molecule has 1 aliphatic carbocycles. The largest absolute Gasteiger partial charge is 0.439 e. The van der Waals surface area contributed by atoms with Crippen LogP contribution >= 0.6 is 0 Å². The molecule has 4 nitrogen and oxygen atoms in total. The Hall–Kier alpha value is -2.07. The Morgan fingerprint density at radius 2 is 2.00 bits per heavy atom. The lowest BCUT2D eigenvalue weighted by Gasteiger charge is -2.08. The number of rotatable bonds is 3. The highest BCUT2D eigenvalue weighted by Gasteiger charge is 2.11. The fourth-order valence-electron chi connectivity index (χ4n) is 2.28. The molecular weight excluding hydrogens is 226 g/mol. The molecule has 0 fully saturated rings. The molecule has 0 saturated heterocycles. The summed E-state index contributed by atoms with van der Waals surface area (Å²) in [6, 6.07) is 11.7. The number of aromatic nitrogens is 1. The molecular formula is C14H15N3O. The second kappa shape index (κ2) is 4.66. The van der Waals surface area contributed by atoms with E-state index in [4.69, 9.17) is 10.6 Å². The van der Waals surface area contributed by atoms with Gasteiger partial charge >= 0.3 is 0 Å². The molecule has 1 aromatic heterocycles. The number of nitrogens with two attached hydrogens (primary N) is 1. The van der Waals surface area contributed by atoms with Crippen molar-refractivity contribution in [3.63, 3.8) is 0 Å². The number of nitrogens with zero attached hydrogens (tertiary/aromatic N) is 1. The van der Waals surface area contributed by atoms with Crippen molar-refractivity contribution in [2.45, 2.75) is 19.3 Å². The minimum absolute atomic E-state index is 0.545. The first-order valence-corrected chi connectivity index (χ1v) is 6.08. The summed E-state index contributed by atoms with van der Waals surface area (Å²) in [5.41, 5.74) is 5.33. The lowest BCUT2D eigenvalue weighted by Crippen LogP contribution is -2.08. The fraction of sp³-hybridized carbons (Fsp3) is 0.214. The maximum Gasteiger partial charge on any atom is 0.221 e. The molecule has 0 aliphatic heterocycles. The van der Waals surface area contributed by atoms with Gasteiger partial charge in [0.05, 0.1) is 0 Å². The molecule has 18 heavy (non-hydrogen) atoms. The molecule has 4 heteroatoms. The summed E-state index contributed by atoms with van der Waals surface area (Å²) in [5.74, 6) is 7.28. The minimum Gasteiger partial charge on any atom is -0.439 e. The van der Waals surface area contributed by atoms with Gasteiger partial charge in [-0.25, -0.2) is 5.84 Å². The van der Waals surface area contributed by atoms with Crippen LogP contribution in [0.3, 0.4) is 0 Å². The van der Waals surface area contributed by atoms with E-state index in [1.165, 1.54) is 24.0 Å². The van der Waals surface area contributed by atoms with Crippen LogP contribution in [0.5, 0.6) is 11.6 Å². The second-order valence-electron chi connectivity index (χ2n) is 4.39. The monoisotopic (exact) mass is 241 g/mol. The Bertz CT molecular complexity index is 569. The quantitative estimate of drug-likeness (QED) is 0.640. The molecule has 0 radical (unpaired) electrons. The van der Waals surface area contributed by atoms with Crippen LogP contribution in [-0.2, 0) is 12.8 Å². The number of nitrogens with one attached hydrogen (secondary N) is 1. The molecule has 0 bridgehead atoms. The Labute approximate surface area is 106 Å². The van der Waals surface area contributed by atoms with E-state index >= 15 is 0 Å². The average molecular weight is 241 g/mol. The van der Waals surface area contributed by atoms with Gasteiger partial charge < -0.3 is 10.2 Å². The average Bonchev–Trinajstić information content (AvgIpc) is 2.86. The molecule has 3 rings (SSSR count). The van der Waals surface area contributed by atoms with Crippen LogP contribution in [0.1, 0.15) is 17.5 Å². The summed E-state index contributed by atoms with van der Waals surface area (Å²) in [6.45, 7) is 0. The highest BCUT2D eigenvalue weighted by molar-refractivity contribution is 5.41. The van der Waals surface area contributed by atoms with E-state index in [1.54, 1.807) is 6.07 Å². The zero-order chi connectivity index (χ0) is 12.4. The van der Waals surface area contributed by atoms with Crippen molar-refractivity contribution in [1.29, 1.82) is 0 Å². The predicted molar refractivity (Wildman–Crippen MR) is 70.6 cm³/mol. The normalized spacial score (nSPS) is 13.2. The highest BCUT2D eigenvalue weighted by atomic mass is 16.5. The van der Waals surface area contributed by atoms with Crippen LogP contribution in [0.25, 0.3) is 0 Å². The van der Waals surface area contributed by atoms with Gasteiger partial charge in [0.2, 0.25) is 5.88 Å². The molecule has 0 saturated carbocycles. The molecule has 0 spiro atoms. The van der Waals surface area contributed by atoms with Gasteiger partial charge in [-0.2, -0.15) is 4.98 Å². The number of hydrazine groups is 1. The van der Waals surface area contributed by atoms with Crippen molar-refractivity contribution in [2.24, 2.45) is 5.84 Å².